The van der Waals surface area contributed by atoms with Gasteiger partial charge in [-0.1, -0.05) is 74.0 Å². The smallest absolute Gasteiger partial charge is 0.195 e. The van der Waals surface area contributed by atoms with Crippen molar-refractivity contribution in [2.45, 2.75) is 32.0 Å². The first kappa shape index (κ1) is 18.8. The predicted octanol–water partition coefficient (Wildman–Crippen LogP) is 5.86. The number of ether oxygens (including phenoxy) is 2. The highest BCUT2D eigenvalue weighted by Crippen LogP contribution is 2.45. The molecule has 2 aliphatic rings. The molecule has 2 atom stereocenters. The van der Waals surface area contributed by atoms with Crippen LogP contribution in [0.1, 0.15) is 48.7 Å². The number of fused-ring (bicyclic) bond motifs is 3. The van der Waals surface area contributed by atoms with Crippen LogP contribution in [0.25, 0.3) is 5.70 Å². The minimum absolute atomic E-state index is 0.107. The molecule has 2 heterocycles. The van der Waals surface area contributed by atoms with E-state index >= 15 is 0 Å². The molecule has 0 saturated heterocycles. The van der Waals surface area contributed by atoms with Gasteiger partial charge >= 0.3 is 0 Å². The number of hydrogen-bond acceptors (Lipinski definition) is 4. The van der Waals surface area contributed by atoms with E-state index in [2.05, 4.69) is 78.0 Å². The molecule has 5 rings (SSSR count). The normalized spacial score (nSPS) is 19.8. The van der Waals surface area contributed by atoms with Gasteiger partial charge in [0.2, 0.25) is 0 Å². The molecule has 0 fully saturated rings. The van der Waals surface area contributed by atoms with Crippen LogP contribution in [0.2, 0.25) is 0 Å². The number of nitrogens with zero attached hydrogens (tertiary/aromatic N) is 1. The summed E-state index contributed by atoms with van der Waals surface area (Å²) in [5.74, 6) is 1.83. The van der Waals surface area contributed by atoms with E-state index in [1.807, 2.05) is 24.3 Å². The topological polar surface area (TPSA) is 33.7 Å². The highest BCUT2D eigenvalue weighted by atomic mass is 16.5. The van der Waals surface area contributed by atoms with E-state index in [4.69, 9.17) is 9.47 Å². The fourth-order valence-electron chi connectivity index (χ4n) is 4.01. The second-order valence-corrected chi connectivity index (χ2v) is 7.69. The number of nitrogens with one attached hydrogen (secondary N) is 1. The highest BCUT2D eigenvalue weighted by molar-refractivity contribution is 5.67. The summed E-state index contributed by atoms with van der Waals surface area (Å²) in [5.41, 5.74) is 8.13. The molecule has 0 saturated carbocycles. The van der Waals surface area contributed by atoms with Crippen molar-refractivity contribution in [3.05, 3.63) is 102 Å². The second kappa shape index (κ2) is 8.25. The number of hydrazine groups is 1. The first-order valence-corrected chi connectivity index (χ1v) is 10.6. The van der Waals surface area contributed by atoms with Gasteiger partial charge in [0.1, 0.15) is 11.5 Å². The maximum absolute atomic E-state index is 6.44. The van der Waals surface area contributed by atoms with Gasteiger partial charge in [0.25, 0.3) is 0 Å². The Labute approximate surface area is 177 Å². The molecule has 0 unspecified atom stereocenters. The van der Waals surface area contributed by atoms with Crippen LogP contribution in [0, 0.1) is 0 Å². The number of benzene rings is 3. The van der Waals surface area contributed by atoms with Crippen LogP contribution < -0.4 is 14.9 Å². The average molecular weight is 399 g/mol. The Morgan fingerprint density at radius 1 is 0.933 bits per heavy atom. The minimum Gasteiger partial charge on any atom is -0.494 e. The summed E-state index contributed by atoms with van der Waals surface area (Å²) in [6.07, 6.45) is 4.25. The first-order valence-electron chi connectivity index (χ1n) is 10.6. The highest BCUT2D eigenvalue weighted by Gasteiger charge is 2.39. The van der Waals surface area contributed by atoms with E-state index < -0.39 is 0 Å². The lowest BCUT2D eigenvalue weighted by Gasteiger charge is -2.39. The van der Waals surface area contributed by atoms with Crippen molar-refractivity contribution in [3.63, 3.8) is 0 Å². The SMILES string of the molecule is CCCCOc1ccc([C@H]2Oc3ccccc3[C@@H]3C=C(c4ccccc4)NN23)cc1. The predicted molar refractivity (Wildman–Crippen MR) is 119 cm³/mol. The first-order chi connectivity index (χ1) is 14.8. The molecule has 3 aromatic rings. The molecule has 3 aromatic carbocycles. The maximum atomic E-state index is 6.44. The van der Waals surface area contributed by atoms with Crippen LogP contribution in [0.15, 0.2) is 84.9 Å². The van der Waals surface area contributed by atoms with Crippen LogP contribution in [0.3, 0.4) is 0 Å². The van der Waals surface area contributed by atoms with E-state index in [0.717, 1.165) is 42.2 Å². The molecular formula is C26H26N2O2. The van der Waals surface area contributed by atoms with Gasteiger partial charge < -0.3 is 14.9 Å². The summed E-state index contributed by atoms with van der Waals surface area (Å²) >= 11 is 0. The standard InChI is InChI=1S/C26H26N2O2/c1-2-3-17-29-21-15-13-20(14-16-21)26-28-24(22-11-7-8-12-25(22)30-26)18-23(27-28)19-9-5-4-6-10-19/h4-16,18,24,26-27H,2-3,17H2,1H3/t24-,26+/m0/s1. The third-order valence-electron chi connectivity index (χ3n) is 5.62. The van der Waals surface area contributed by atoms with Crippen molar-refractivity contribution < 1.29 is 9.47 Å². The van der Waals surface area contributed by atoms with Gasteiger partial charge in [-0.05, 0) is 36.3 Å². The Kier molecular flexibility index (Phi) is 5.16. The largest absolute Gasteiger partial charge is 0.494 e. The molecule has 152 valence electrons. The zero-order valence-electron chi connectivity index (χ0n) is 17.1. The molecule has 4 heteroatoms. The summed E-state index contributed by atoms with van der Waals surface area (Å²) < 4.78 is 12.3. The van der Waals surface area contributed by atoms with Gasteiger partial charge in [-0.25, -0.2) is 0 Å². The quantitative estimate of drug-likeness (QED) is 0.528. The van der Waals surface area contributed by atoms with E-state index in [-0.39, 0.29) is 12.3 Å². The van der Waals surface area contributed by atoms with Gasteiger partial charge in [0.15, 0.2) is 6.23 Å². The summed E-state index contributed by atoms with van der Waals surface area (Å²) in [7, 11) is 0. The van der Waals surface area contributed by atoms with E-state index in [1.165, 1.54) is 11.1 Å². The third kappa shape index (κ3) is 3.55. The zero-order chi connectivity index (χ0) is 20.3. The van der Waals surface area contributed by atoms with Crippen LogP contribution in [-0.2, 0) is 0 Å². The molecule has 4 nitrogen and oxygen atoms in total. The van der Waals surface area contributed by atoms with Crippen molar-refractivity contribution >= 4 is 5.70 Å². The molecule has 0 amide bonds. The van der Waals surface area contributed by atoms with Gasteiger partial charge in [0.05, 0.1) is 18.3 Å². The van der Waals surface area contributed by atoms with Gasteiger partial charge in [-0.2, -0.15) is 5.01 Å². The van der Waals surface area contributed by atoms with Crippen molar-refractivity contribution in [3.8, 4) is 11.5 Å². The number of unbranched alkanes of at least 4 members (excludes halogenated alkanes) is 1. The lowest BCUT2D eigenvalue weighted by Crippen LogP contribution is -2.43. The molecule has 1 N–H and O–H groups in total. The molecular weight excluding hydrogens is 372 g/mol. The Balaban J connectivity index is 1.45. The van der Waals surface area contributed by atoms with Crippen molar-refractivity contribution in [1.29, 1.82) is 0 Å². The summed E-state index contributed by atoms with van der Waals surface area (Å²) in [6.45, 7) is 2.92. The minimum atomic E-state index is -0.230. The van der Waals surface area contributed by atoms with Crippen molar-refractivity contribution in [2.24, 2.45) is 0 Å². The van der Waals surface area contributed by atoms with Gasteiger partial charge in [-0.3, -0.25) is 0 Å². The van der Waals surface area contributed by atoms with Gasteiger partial charge in [0, 0.05) is 11.1 Å². The Hall–Kier alpha value is -3.24. The molecule has 0 aromatic heterocycles. The van der Waals surface area contributed by atoms with Crippen LogP contribution in [0.5, 0.6) is 11.5 Å². The molecule has 0 radical (unpaired) electrons. The average Bonchev–Trinajstić information content (AvgIpc) is 3.26. The Morgan fingerprint density at radius 2 is 1.70 bits per heavy atom. The number of rotatable bonds is 6. The lowest BCUT2D eigenvalue weighted by atomic mass is 10.0. The molecule has 0 aliphatic carbocycles. The molecule has 30 heavy (non-hydrogen) atoms. The zero-order valence-corrected chi connectivity index (χ0v) is 17.1. The van der Waals surface area contributed by atoms with Gasteiger partial charge in [-0.15, -0.1) is 0 Å². The van der Waals surface area contributed by atoms with E-state index in [9.17, 15) is 0 Å². The summed E-state index contributed by atoms with van der Waals surface area (Å²) in [6, 6.07) is 27.1. The number of hydrogen-bond donors (Lipinski definition) is 1. The molecule has 0 spiro atoms. The van der Waals surface area contributed by atoms with E-state index in [1.54, 1.807) is 0 Å². The summed E-state index contributed by atoms with van der Waals surface area (Å²) in [5, 5.41) is 2.19. The Morgan fingerprint density at radius 3 is 2.50 bits per heavy atom. The van der Waals surface area contributed by atoms with Crippen molar-refractivity contribution in [2.75, 3.05) is 6.61 Å². The fraction of sp³-hybridized carbons (Fsp3) is 0.231. The lowest BCUT2D eigenvalue weighted by molar-refractivity contribution is -0.0326. The molecule has 2 aliphatic heterocycles. The van der Waals surface area contributed by atoms with Crippen LogP contribution in [-0.4, -0.2) is 11.6 Å². The van der Waals surface area contributed by atoms with Crippen LogP contribution >= 0.6 is 0 Å². The van der Waals surface area contributed by atoms with E-state index in [0.29, 0.717) is 0 Å². The maximum Gasteiger partial charge on any atom is 0.195 e. The number of para-hydroxylation sites is 1. The fourth-order valence-corrected chi connectivity index (χ4v) is 4.01. The second-order valence-electron chi connectivity index (χ2n) is 7.69. The third-order valence-corrected chi connectivity index (χ3v) is 5.62. The van der Waals surface area contributed by atoms with Crippen molar-refractivity contribution in [1.82, 2.24) is 10.4 Å². The monoisotopic (exact) mass is 398 g/mol. The summed E-state index contributed by atoms with van der Waals surface area (Å²) in [4.78, 5) is 0. The van der Waals surface area contributed by atoms with Crippen LogP contribution in [0.4, 0.5) is 0 Å². The Bertz CT molecular complexity index is 1030. The molecule has 0 bridgehead atoms.